The fraction of sp³-hybridized carbons (Fsp3) is 0.381. The Kier molecular flexibility index (Phi) is 6.30. The summed E-state index contributed by atoms with van der Waals surface area (Å²) in [6, 6.07) is 17.0. The monoisotopic (exact) mass is 406 g/mol. The van der Waals surface area contributed by atoms with E-state index in [4.69, 9.17) is 27.9 Å². The van der Waals surface area contributed by atoms with Gasteiger partial charge >= 0.3 is 0 Å². The smallest absolute Gasteiger partial charge is 0.262 e. The Hall–Kier alpha value is -1.75. The highest BCUT2D eigenvalue weighted by Crippen LogP contribution is 2.53. The van der Waals surface area contributed by atoms with E-state index < -0.39 is 10.4 Å². The molecule has 1 fully saturated rings. The number of rotatable bonds is 8. The minimum Gasteiger partial charge on any atom is -0.493 e. The van der Waals surface area contributed by atoms with Gasteiger partial charge in [-0.2, -0.15) is 0 Å². The molecule has 144 valence electrons. The van der Waals surface area contributed by atoms with Crippen LogP contribution in [0.4, 0.5) is 0 Å². The third-order valence-electron chi connectivity index (χ3n) is 4.62. The van der Waals surface area contributed by atoms with Crippen molar-refractivity contribution in [3.63, 3.8) is 0 Å². The van der Waals surface area contributed by atoms with Gasteiger partial charge in [-0.05, 0) is 32.1 Å². The number of amides is 1. The van der Waals surface area contributed by atoms with Crippen molar-refractivity contribution in [1.29, 1.82) is 0 Å². The van der Waals surface area contributed by atoms with Crippen LogP contribution in [0.15, 0.2) is 54.6 Å². The van der Waals surface area contributed by atoms with E-state index in [2.05, 4.69) is 4.90 Å². The van der Waals surface area contributed by atoms with Crippen molar-refractivity contribution in [3.8, 4) is 5.75 Å². The summed E-state index contributed by atoms with van der Waals surface area (Å²) in [6.45, 7) is 1.99. The number of carbonyl (C=O) groups excluding carboxylic acids is 1. The van der Waals surface area contributed by atoms with Crippen LogP contribution in [0.3, 0.4) is 0 Å². The van der Waals surface area contributed by atoms with Crippen molar-refractivity contribution < 1.29 is 9.53 Å². The fourth-order valence-electron chi connectivity index (χ4n) is 3.26. The first-order valence-corrected chi connectivity index (χ1v) is 9.76. The Morgan fingerprint density at radius 2 is 1.74 bits per heavy atom. The molecule has 0 saturated carbocycles. The Morgan fingerprint density at radius 1 is 1.07 bits per heavy atom. The predicted octanol–water partition coefficient (Wildman–Crippen LogP) is 4.27. The highest BCUT2D eigenvalue weighted by atomic mass is 35.5. The van der Waals surface area contributed by atoms with E-state index in [0.717, 1.165) is 29.8 Å². The zero-order valence-corrected chi connectivity index (χ0v) is 17.1. The highest BCUT2D eigenvalue weighted by Gasteiger charge is 2.60. The maximum atomic E-state index is 12.5. The highest BCUT2D eigenvalue weighted by molar-refractivity contribution is 6.60. The second kappa shape index (κ2) is 8.51. The quantitative estimate of drug-likeness (QED) is 0.372. The van der Waals surface area contributed by atoms with Crippen molar-refractivity contribution in [2.45, 2.75) is 23.3 Å². The van der Waals surface area contributed by atoms with Crippen LogP contribution in [0.5, 0.6) is 5.75 Å². The lowest BCUT2D eigenvalue weighted by Crippen LogP contribution is -2.61. The van der Waals surface area contributed by atoms with Crippen LogP contribution in [0.1, 0.15) is 23.6 Å². The molecule has 27 heavy (non-hydrogen) atoms. The van der Waals surface area contributed by atoms with Crippen LogP contribution < -0.4 is 4.74 Å². The first-order chi connectivity index (χ1) is 12.9. The van der Waals surface area contributed by atoms with Crippen molar-refractivity contribution in [2.75, 3.05) is 27.2 Å². The van der Waals surface area contributed by atoms with Crippen LogP contribution in [0.25, 0.3) is 0 Å². The molecule has 1 unspecified atom stereocenters. The number of likely N-dealkylation sites (tertiary alicyclic amines) is 1. The second-order valence-corrected chi connectivity index (χ2v) is 8.37. The summed E-state index contributed by atoms with van der Waals surface area (Å²) in [5.41, 5.74) is 1.87. The largest absolute Gasteiger partial charge is 0.493 e. The first kappa shape index (κ1) is 20.0. The molecule has 0 aromatic heterocycles. The zero-order chi connectivity index (χ0) is 19.4. The summed E-state index contributed by atoms with van der Waals surface area (Å²) in [5, 5.41) is 0. The number of para-hydroxylation sites is 1. The average molecular weight is 407 g/mol. The number of hydrogen-bond donors (Lipinski definition) is 0. The van der Waals surface area contributed by atoms with Crippen molar-refractivity contribution in [3.05, 3.63) is 65.7 Å². The zero-order valence-electron chi connectivity index (χ0n) is 15.6. The van der Waals surface area contributed by atoms with E-state index in [9.17, 15) is 4.79 Å². The van der Waals surface area contributed by atoms with Gasteiger partial charge in [0.25, 0.3) is 5.91 Å². The molecule has 1 saturated heterocycles. The van der Waals surface area contributed by atoms with Crippen LogP contribution in [-0.4, -0.2) is 47.3 Å². The SMILES string of the molecule is CN(C)CCCOc1ccccc1C1N(Cc2ccccc2)C(=O)C1(Cl)Cl. The van der Waals surface area contributed by atoms with Crippen LogP contribution in [0.2, 0.25) is 0 Å². The molecule has 2 aromatic carbocycles. The molecule has 1 atom stereocenters. The van der Waals surface area contributed by atoms with Gasteiger partial charge in [-0.15, -0.1) is 0 Å². The lowest BCUT2D eigenvalue weighted by Gasteiger charge is -2.49. The lowest BCUT2D eigenvalue weighted by molar-refractivity contribution is -0.149. The van der Waals surface area contributed by atoms with Gasteiger partial charge in [0.15, 0.2) is 0 Å². The normalized spacial score (nSPS) is 18.5. The molecule has 3 rings (SSSR count). The van der Waals surface area contributed by atoms with E-state index in [1.165, 1.54) is 0 Å². The molecular formula is C21H24Cl2N2O2. The Labute approximate surface area is 170 Å². The third-order valence-corrected chi connectivity index (χ3v) is 5.35. The number of β-lactam (4-membered cyclic amide) rings is 1. The molecule has 0 radical (unpaired) electrons. The van der Waals surface area contributed by atoms with Crippen molar-refractivity contribution in [2.24, 2.45) is 0 Å². The second-order valence-electron chi connectivity index (χ2n) is 6.99. The summed E-state index contributed by atoms with van der Waals surface area (Å²) in [6.07, 6.45) is 0.908. The first-order valence-electron chi connectivity index (χ1n) is 9.00. The molecule has 0 spiro atoms. The number of alkyl halides is 2. The maximum Gasteiger partial charge on any atom is 0.262 e. The summed E-state index contributed by atoms with van der Waals surface area (Å²) < 4.78 is 4.52. The van der Waals surface area contributed by atoms with Gasteiger partial charge in [0.1, 0.15) is 11.8 Å². The molecule has 6 heteroatoms. The van der Waals surface area contributed by atoms with Gasteiger partial charge in [0, 0.05) is 18.7 Å². The number of benzene rings is 2. The standard InChI is InChI=1S/C21H24Cl2N2O2/c1-24(2)13-8-14-27-18-12-7-6-11-17(18)19-21(22,23)20(26)25(19)15-16-9-4-3-5-10-16/h3-7,9-12,19H,8,13-15H2,1-2H3. The Morgan fingerprint density at radius 3 is 2.44 bits per heavy atom. The topological polar surface area (TPSA) is 32.8 Å². The van der Waals surface area contributed by atoms with Gasteiger partial charge in [0.2, 0.25) is 4.33 Å². The molecule has 1 amide bonds. The van der Waals surface area contributed by atoms with Crippen LogP contribution in [-0.2, 0) is 11.3 Å². The maximum absolute atomic E-state index is 12.5. The number of halogens is 2. The van der Waals surface area contributed by atoms with Crippen LogP contribution in [0, 0.1) is 0 Å². The average Bonchev–Trinajstić information content (AvgIpc) is 2.66. The van der Waals surface area contributed by atoms with E-state index in [-0.39, 0.29) is 5.91 Å². The van der Waals surface area contributed by atoms with Gasteiger partial charge in [-0.3, -0.25) is 4.79 Å². The third kappa shape index (κ3) is 4.40. The predicted molar refractivity (Wildman–Crippen MR) is 109 cm³/mol. The number of carbonyl (C=O) groups is 1. The Balaban J connectivity index is 1.79. The number of ether oxygens (including phenoxy) is 1. The van der Waals surface area contributed by atoms with Crippen molar-refractivity contribution >= 4 is 29.1 Å². The lowest BCUT2D eigenvalue weighted by atomic mass is 9.91. The number of hydrogen-bond acceptors (Lipinski definition) is 3. The number of nitrogens with zero attached hydrogens (tertiary/aromatic N) is 2. The summed E-state index contributed by atoms with van der Waals surface area (Å²) >= 11 is 12.8. The minimum absolute atomic E-state index is 0.276. The molecule has 1 aliphatic rings. The van der Waals surface area contributed by atoms with Gasteiger partial charge in [-0.1, -0.05) is 71.7 Å². The van der Waals surface area contributed by atoms with E-state index >= 15 is 0 Å². The molecule has 1 aliphatic heterocycles. The summed E-state index contributed by atoms with van der Waals surface area (Å²) in [5.74, 6) is 0.444. The summed E-state index contributed by atoms with van der Waals surface area (Å²) in [4.78, 5) is 16.4. The van der Waals surface area contributed by atoms with E-state index in [0.29, 0.717) is 13.2 Å². The summed E-state index contributed by atoms with van der Waals surface area (Å²) in [7, 11) is 4.06. The molecule has 0 bridgehead atoms. The molecule has 2 aromatic rings. The van der Waals surface area contributed by atoms with Gasteiger partial charge in [-0.25, -0.2) is 0 Å². The Bertz CT molecular complexity index is 781. The molecule has 1 heterocycles. The van der Waals surface area contributed by atoms with E-state index in [1.54, 1.807) is 4.90 Å². The molecular weight excluding hydrogens is 383 g/mol. The molecule has 0 N–H and O–H groups in total. The van der Waals surface area contributed by atoms with Gasteiger partial charge < -0.3 is 14.5 Å². The molecule has 4 nitrogen and oxygen atoms in total. The van der Waals surface area contributed by atoms with Gasteiger partial charge in [0.05, 0.1) is 6.61 Å². The van der Waals surface area contributed by atoms with Crippen molar-refractivity contribution in [1.82, 2.24) is 9.80 Å². The molecule has 0 aliphatic carbocycles. The van der Waals surface area contributed by atoms with Crippen LogP contribution >= 0.6 is 23.2 Å². The van der Waals surface area contributed by atoms with E-state index in [1.807, 2.05) is 68.7 Å². The minimum atomic E-state index is -1.47. The fourth-order valence-corrected chi connectivity index (χ4v) is 3.95.